The molecule has 0 aliphatic carbocycles. The highest BCUT2D eigenvalue weighted by molar-refractivity contribution is 5.59. The summed E-state index contributed by atoms with van der Waals surface area (Å²) in [6.07, 6.45) is 0.689. The fourth-order valence-corrected chi connectivity index (χ4v) is 3.93. The molecule has 0 atom stereocenters. The summed E-state index contributed by atoms with van der Waals surface area (Å²) in [5, 5.41) is 10.8. The Morgan fingerprint density at radius 2 is 1.81 bits per heavy atom. The van der Waals surface area contributed by atoms with Crippen LogP contribution in [-0.2, 0) is 19.5 Å². The van der Waals surface area contributed by atoms with Crippen LogP contribution < -0.4 is 5.56 Å². The number of hydrogen-bond donors (Lipinski definition) is 1. The highest BCUT2D eigenvalue weighted by Crippen LogP contribution is 2.26. The first-order valence-corrected chi connectivity index (χ1v) is 10.3. The monoisotopic (exact) mass is 428 g/mol. The van der Waals surface area contributed by atoms with E-state index in [-0.39, 0.29) is 11.2 Å². The molecule has 160 valence electrons. The fourth-order valence-electron chi connectivity index (χ4n) is 3.93. The van der Waals surface area contributed by atoms with Crippen LogP contribution >= 0.6 is 0 Å². The van der Waals surface area contributed by atoms with Crippen molar-refractivity contribution >= 4 is 5.69 Å². The lowest BCUT2D eigenvalue weighted by Crippen LogP contribution is -2.35. The van der Waals surface area contributed by atoms with Crippen molar-refractivity contribution in [2.24, 2.45) is 0 Å². The number of non-ortho nitro benzene ring substituents is 1. The summed E-state index contributed by atoms with van der Waals surface area (Å²) in [5.74, 6) is 2.02. The van der Waals surface area contributed by atoms with Gasteiger partial charge in [-0.3, -0.25) is 19.8 Å². The molecule has 0 unspecified atom stereocenters. The van der Waals surface area contributed by atoms with Gasteiger partial charge in [-0.05, 0) is 24.3 Å². The first kappa shape index (κ1) is 19.9. The third-order valence-electron chi connectivity index (χ3n) is 5.60. The van der Waals surface area contributed by atoms with Gasteiger partial charge >= 0.3 is 0 Å². The van der Waals surface area contributed by atoms with Crippen LogP contribution in [0.25, 0.3) is 22.7 Å². The minimum atomic E-state index is -0.426. The molecule has 0 saturated carbocycles. The van der Waals surface area contributed by atoms with Crippen LogP contribution in [-0.4, -0.2) is 26.3 Å². The molecular weight excluding hydrogens is 408 g/mol. The van der Waals surface area contributed by atoms with Gasteiger partial charge in [0.2, 0.25) is 0 Å². The number of nitrogens with one attached hydrogen (secondary N) is 1. The average molecular weight is 428 g/mol. The number of benzene rings is 2. The molecule has 3 heterocycles. The number of nitrogens with zero attached hydrogens (tertiary/aromatic N) is 3. The first-order valence-electron chi connectivity index (χ1n) is 10.3. The fraction of sp³-hybridized carbons (Fsp3) is 0.167. The lowest BCUT2D eigenvalue weighted by molar-refractivity contribution is -0.384. The standard InChI is InChI=1S/C24H20N4O4/c29-24-20-15-27(13-12-21(20)25-23(26-24)17-4-2-1-3-5-17)14-19-10-11-22(32-19)16-6-8-18(9-7-16)28(30)31/h1-11H,12-15H2,(H,25,26,29). The van der Waals surface area contributed by atoms with Gasteiger partial charge in [-0.15, -0.1) is 0 Å². The van der Waals surface area contributed by atoms with Gasteiger partial charge in [-0.1, -0.05) is 30.3 Å². The second-order valence-corrected chi connectivity index (χ2v) is 7.74. The van der Waals surface area contributed by atoms with Crippen molar-refractivity contribution < 1.29 is 9.34 Å². The summed E-state index contributed by atoms with van der Waals surface area (Å²) in [5.41, 5.74) is 3.14. The Bertz CT molecular complexity index is 1330. The second-order valence-electron chi connectivity index (χ2n) is 7.74. The molecule has 0 spiro atoms. The highest BCUT2D eigenvalue weighted by atomic mass is 16.6. The predicted molar refractivity (Wildman–Crippen MR) is 119 cm³/mol. The Balaban J connectivity index is 1.31. The molecular formula is C24H20N4O4. The summed E-state index contributed by atoms with van der Waals surface area (Å²) in [7, 11) is 0. The van der Waals surface area contributed by atoms with Gasteiger partial charge < -0.3 is 9.40 Å². The quantitative estimate of drug-likeness (QED) is 0.378. The Morgan fingerprint density at radius 1 is 1.03 bits per heavy atom. The predicted octanol–water partition coefficient (Wildman–Crippen LogP) is 4.16. The minimum absolute atomic E-state index is 0.0433. The number of nitro benzene ring substituents is 1. The molecule has 0 saturated heterocycles. The van der Waals surface area contributed by atoms with E-state index in [9.17, 15) is 14.9 Å². The van der Waals surface area contributed by atoms with Gasteiger partial charge in [-0.2, -0.15) is 0 Å². The van der Waals surface area contributed by atoms with Crippen LogP contribution in [0.4, 0.5) is 5.69 Å². The van der Waals surface area contributed by atoms with Gasteiger partial charge in [0.25, 0.3) is 11.2 Å². The summed E-state index contributed by atoms with van der Waals surface area (Å²) in [4.78, 5) is 32.9. The molecule has 0 fully saturated rings. The normalized spacial score (nSPS) is 13.6. The lowest BCUT2D eigenvalue weighted by atomic mass is 10.1. The molecule has 1 aliphatic heterocycles. The third kappa shape index (κ3) is 3.95. The maximum absolute atomic E-state index is 12.7. The van der Waals surface area contributed by atoms with E-state index in [0.717, 1.165) is 29.1 Å². The molecule has 0 amide bonds. The van der Waals surface area contributed by atoms with Crippen molar-refractivity contribution in [2.45, 2.75) is 19.5 Å². The molecule has 0 radical (unpaired) electrons. The van der Waals surface area contributed by atoms with Gasteiger partial charge in [0.05, 0.1) is 22.7 Å². The molecule has 32 heavy (non-hydrogen) atoms. The maximum atomic E-state index is 12.7. The first-order chi connectivity index (χ1) is 15.6. The largest absolute Gasteiger partial charge is 0.460 e. The van der Waals surface area contributed by atoms with E-state index in [0.29, 0.717) is 36.7 Å². The van der Waals surface area contributed by atoms with E-state index in [2.05, 4.69) is 9.88 Å². The maximum Gasteiger partial charge on any atom is 0.269 e. The molecule has 0 bridgehead atoms. The highest BCUT2D eigenvalue weighted by Gasteiger charge is 2.22. The van der Waals surface area contributed by atoms with Crippen LogP contribution in [0.2, 0.25) is 0 Å². The van der Waals surface area contributed by atoms with Crippen LogP contribution in [0.5, 0.6) is 0 Å². The van der Waals surface area contributed by atoms with Crippen molar-refractivity contribution in [3.8, 4) is 22.7 Å². The second kappa shape index (κ2) is 8.24. The van der Waals surface area contributed by atoms with Crippen LogP contribution in [0, 0.1) is 10.1 Å². The van der Waals surface area contributed by atoms with Crippen molar-refractivity contribution in [3.63, 3.8) is 0 Å². The number of aromatic amines is 1. The van der Waals surface area contributed by atoms with Gasteiger partial charge in [0, 0.05) is 42.8 Å². The van der Waals surface area contributed by atoms with E-state index in [1.807, 2.05) is 42.5 Å². The van der Waals surface area contributed by atoms with E-state index in [1.165, 1.54) is 12.1 Å². The molecule has 8 nitrogen and oxygen atoms in total. The lowest BCUT2D eigenvalue weighted by Gasteiger charge is -2.26. The van der Waals surface area contributed by atoms with Gasteiger partial charge in [0.1, 0.15) is 17.3 Å². The van der Waals surface area contributed by atoms with Crippen LogP contribution in [0.15, 0.2) is 75.9 Å². The summed E-state index contributed by atoms with van der Waals surface area (Å²) < 4.78 is 5.95. The summed E-state index contributed by atoms with van der Waals surface area (Å²) >= 11 is 0. The summed E-state index contributed by atoms with van der Waals surface area (Å²) in [6, 6.07) is 19.7. The number of aromatic nitrogens is 2. The number of fused-ring (bicyclic) bond motifs is 1. The Kier molecular flexibility index (Phi) is 5.12. The average Bonchev–Trinajstić information content (AvgIpc) is 3.28. The van der Waals surface area contributed by atoms with Crippen LogP contribution in [0.1, 0.15) is 17.0 Å². The smallest absolute Gasteiger partial charge is 0.269 e. The Labute approximate surface area is 183 Å². The van der Waals surface area contributed by atoms with E-state index < -0.39 is 4.92 Å². The van der Waals surface area contributed by atoms with E-state index in [1.54, 1.807) is 12.1 Å². The van der Waals surface area contributed by atoms with E-state index in [4.69, 9.17) is 9.40 Å². The molecule has 8 heteroatoms. The Morgan fingerprint density at radius 3 is 2.56 bits per heavy atom. The number of rotatable bonds is 5. The van der Waals surface area contributed by atoms with Crippen molar-refractivity contribution in [1.29, 1.82) is 0 Å². The molecule has 5 rings (SSSR count). The third-order valence-corrected chi connectivity index (χ3v) is 5.60. The molecule has 2 aromatic heterocycles. The topological polar surface area (TPSA) is 105 Å². The molecule has 1 N–H and O–H groups in total. The van der Waals surface area contributed by atoms with Crippen molar-refractivity contribution in [1.82, 2.24) is 14.9 Å². The SMILES string of the molecule is O=c1[nH]c(-c2ccccc2)nc2c1CN(Cc1ccc(-c3ccc([N+](=O)[O-])cc3)o1)CC2. The number of H-pyrrole nitrogens is 1. The number of nitro groups is 1. The molecule has 2 aromatic carbocycles. The zero-order chi connectivity index (χ0) is 22.1. The van der Waals surface area contributed by atoms with E-state index >= 15 is 0 Å². The van der Waals surface area contributed by atoms with Crippen molar-refractivity contribution in [3.05, 3.63) is 104 Å². The Hall–Kier alpha value is -4.04. The zero-order valence-corrected chi connectivity index (χ0v) is 17.2. The van der Waals surface area contributed by atoms with Gasteiger partial charge in [0.15, 0.2) is 0 Å². The molecule has 4 aromatic rings. The zero-order valence-electron chi connectivity index (χ0n) is 17.2. The minimum Gasteiger partial charge on any atom is -0.460 e. The number of furan rings is 1. The van der Waals surface area contributed by atoms with Crippen LogP contribution in [0.3, 0.4) is 0 Å². The van der Waals surface area contributed by atoms with Gasteiger partial charge in [-0.25, -0.2) is 4.98 Å². The number of hydrogen-bond acceptors (Lipinski definition) is 6. The molecule has 1 aliphatic rings. The summed E-state index contributed by atoms with van der Waals surface area (Å²) in [6.45, 7) is 1.83. The van der Waals surface area contributed by atoms with Crippen molar-refractivity contribution in [2.75, 3.05) is 6.54 Å².